The third kappa shape index (κ3) is 5.81. The minimum atomic E-state index is 0. The second-order valence-electron chi connectivity index (χ2n) is 1.92. The first-order chi connectivity index (χ1) is 5.00. The van der Waals surface area contributed by atoms with Gasteiger partial charge in [-0.15, -0.1) is 0 Å². The van der Waals surface area contributed by atoms with Crippen molar-refractivity contribution >= 4 is 0 Å². The van der Waals surface area contributed by atoms with E-state index >= 15 is 0 Å². The van der Waals surface area contributed by atoms with E-state index in [1.165, 1.54) is 0 Å². The third-order valence-electron chi connectivity index (χ3n) is 1.11. The SMILES string of the molecule is [MoH2].c1cc[cH-]c1.c1cc[cH-]c1. The van der Waals surface area contributed by atoms with Gasteiger partial charge in [-0.2, -0.15) is 36.4 Å². The van der Waals surface area contributed by atoms with Crippen molar-refractivity contribution < 1.29 is 21.1 Å². The van der Waals surface area contributed by atoms with Crippen LogP contribution in [0, 0.1) is 0 Å². The molecule has 11 heavy (non-hydrogen) atoms. The Kier molecular flexibility index (Phi) is 7.08. The topological polar surface area (TPSA) is 0 Å². The molecule has 0 nitrogen and oxygen atoms in total. The van der Waals surface area contributed by atoms with Gasteiger partial charge in [-0.3, -0.25) is 0 Å². The molecule has 0 aliphatic heterocycles. The maximum atomic E-state index is 2.00. The molecular weight excluding hydrogens is 216 g/mol. The molecule has 0 radical (unpaired) electrons. The van der Waals surface area contributed by atoms with Crippen LogP contribution in [0.2, 0.25) is 0 Å². The molecular formula is C10H12Mo-2. The fourth-order valence-corrected chi connectivity index (χ4v) is 0.642. The van der Waals surface area contributed by atoms with Gasteiger partial charge in [0.25, 0.3) is 0 Å². The van der Waals surface area contributed by atoms with Crippen LogP contribution in [0.15, 0.2) is 60.7 Å². The van der Waals surface area contributed by atoms with E-state index in [-0.39, 0.29) is 21.1 Å². The van der Waals surface area contributed by atoms with E-state index < -0.39 is 0 Å². The molecule has 2 aromatic rings. The minimum Gasteiger partial charge on any atom is -0.214 e. The molecule has 1 heteroatoms. The first-order valence-corrected chi connectivity index (χ1v) is 3.33. The van der Waals surface area contributed by atoms with E-state index in [1.807, 2.05) is 60.7 Å². The molecule has 0 fully saturated rings. The molecule has 0 amide bonds. The largest absolute Gasteiger partial charge is 0.214 e. The van der Waals surface area contributed by atoms with E-state index in [4.69, 9.17) is 0 Å². The minimum absolute atomic E-state index is 0. The molecule has 0 aromatic heterocycles. The smallest absolute Gasteiger partial charge is 0.172 e. The van der Waals surface area contributed by atoms with Gasteiger partial charge in [0.15, 0.2) is 0 Å². The van der Waals surface area contributed by atoms with Crippen LogP contribution in [0.3, 0.4) is 0 Å². The van der Waals surface area contributed by atoms with Gasteiger partial charge in [-0.05, 0) is 0 Å². The molecule has 2 aromatic carbocycles. The molecule has 0 saturated carbocycles. The molecule has 0 atom stereocenters. The van der Waals surface area contributed by atoms with Crippen molar-refractivity contribution in [1.29, 1.82) is 0 Å². The fourth-order valence-electron chi connectivity index (χ4n) is 0.642. The van der Waals surface area contributed by atoms with Crippen LogP contribution in [0.4, 0.5) is 0 Å². The summed E-state index contributed by atoms with van der Waals surface area (Å²) in [5, 5.41) is 0. The third-order valence-corrected chi connectivity index (χ3v) is 1.11. The van der Waals surface area contributed by atoms with Gasteiger partial charge in [-0.1, -0.05) is 0 Å². The van der Waals surface area contributed by atoms with Crippen molar-refractivity contribution in [2.45, 2.75) is 0 Å². The van der Waals surface area contributed by atoms with Gasteiger partial charge < -0.3 is 0 Å². The van der Waals surface area contributed by atoms with Gasteiger partial charge in [0.1, 0.15) is 0 Å². The Morgan fingerprint density at radius 1 is 0.545 bits per heavy atom. The maximum absolute atomic E-state index is 2.00. The molecule has 0 aliphatic carbocycles. The van der Waals surface area contributed by atoms with Crippen LogP contribution in [0.1, 0.15) is 0 Å². The first-order valence-electron chi connectivity index (χ1n) is 3.33. The zero-order chi connectivity index (χ0) is 7.07. The second kappa shape index (κ2) is 7.49. The Labute approximate surface area is 81.9 Å². The monoisotopic (exact) mass is 230 g/mol. The van der Waals surface area contributed by atoms with E-state index in [2.05, 4.69) is 0 Å². The van der Waals surface area contributed by atoms with Crippen LogP contribution in [-0.4, -0.2) is 0 Å². The van der Waals surface area contributed by atoms with Gasteiger partial charge in [-0.25, -0.2) is 24.3 Å². The average Bonchev–Trinajstić information content (AvgIpc) is 2.67. The normalized spacial score (nSPS) is 7.27. The Morgan fingerprint density at radius 3 is 0.909 bits per heavy atom. The molecule has 0 heterocycles. The summed E-state index contributed by atoms with van der Waals surface area (Å²) in [7, 11) is 0. The maximum Gasteiger partial charge on any atom is -0.172 e. The van der Waals surface area contributed by atoms with Crippen molar-refractivity contribution in [2.75, 3.05) is 0 Å². The molecule has 0 unspecified atom stereocenters. The van der Waals surface area contributed by atoms with Crippen molar-refractivity contribution in [2.24, 2.45) is 0 Å². The molecule has 0 saturated heterocycles. The van der Waals surface area contributed by atoms with E-state index in [1.54, 1.807) is 0 Å². The molecule has 0 bridgehead atoms. The van der Waals surface area contributed by atoms with Crippen molar-refractivity contribution in [3.05, 3.63) is 60.7 Å². The van der Waals surface area contributed by atoms with E-state index in [0.717, 1.165) is 0 Å². The summed E-state index contributed by atoms with van der Waals surface area (Å²) in [6.07, 6.45) is 0. The summed E-state index contributed by atoms with van der Waals surface area (Å²) >= 11 is 0. The van der Waals surface area contributed by atoms with Crippen molar-refractivity contribution in [3.63, 3.8) is 0 Å². The fraction of sp³-hybridized carbons (Fsp3) is 0. The van der Waals surface area contributed by atoms with Crippen molar-refractivity contribution in [1.82, 2.24) is 0 Å². The van der Waals surface area contributed by atoms with Gasteiger partial charge in [0.05, 0.1) is 0 Å². The predicted octanol–water partition coefficient (Wildman–Crippen LogP) is 2.27. The van der Waals surface area contributed by atoms with E-state index in [0.29, 0.717) is 0 Å². The zero-order valence-electron chi connectivity index (χ0n) is 6.27. The number of hydrogen-bond acceptors (Lipinski definition) is 0. The van der Waals surface area contributed by atoms with Crippen LogP contribution in [-0.2, 0) is 21.1 Å². The number of hydrogen-bond donors (Lipinski definition) is 0. The van der Waals surface area contributed by atoms with Crippen LogP contribution < -0.4 is 0 Å². The molecule has 0 aliphatic rings. The van der Waals surface area contributed by atoms with Crippen molar-refractivity contribution in [3.8, 4) is 0 Å². The Morgan fingerprint density at radius 2 is 0.818 bits per heavy atom. The molecule has 60 valence electrons. The molecule has 0 spiro atoms. The summed E-state index contributed by atoms with van der Waals surface area (Å²) in [5.74, 6) is 0. The van der Waals surface area contributed by atoms with Gasteiger partial charge >= 0.3 is 21.1 Å². The molecule has 2 rings (SSSR count). The van der Waals surface area contributed by atoms with Crippen LogP contribution in [0.5, 0.6) is 0 Å². The second-order valence-corrected chi connectivity index (χ2v) is 1.92. The molecule has 0 N–H and O–H groups in total. The summed E-state index contributed by atoms with van der Waals surface area (Å²) in [4.78, 5) is 0. The van der Waals surface area contributed by atoms with E-state index in [9.17, 15) is 0 Å². The predicted molar refractivity (Wildman–Crippen MR) is 46.9 cm³/mol. The Bertz CT molecular complexity index is 144. The van der Waals surface area contributed by atoms with Gasteiger partial charge in [0, 0.05) is 0 Å². The quantitative estimate of drug-likeness (QED) is 0.479. The Balaban J connectivity index is 0.000000167. The van der Waals surface area contributed by atoms with Crippen LogP contribution in [0.25, 0.3) is 0 Å². The number of rotatable bonds is 0. The summed E-state index contributed by atoms with van der Waals surface area (Å²) in [6, 6.07) is 20.0. The first kappa shape index (κ1) is 10.4. The van der Waals surface area contributed by atoms with Crippen LogP contribution >= 0.6 is 0 Å². The average molecular weight is 228 g/mol. The Hall–Kier alpha value is -0.612. The zero-order valence-corrected chi connectivity index (χ0v) is 8.73. The standard InChI is InChI=1S/2C5H5.Mo.2H/c2*1-2-4-5-3-1;;;/h2*1-5H;;;/q2*-1;;;. The summed E-state index contributed by atoms with van der Waals surface area (Å²) in [6.45, 7) is 0. The van der Waals surface area contributed by atoms with Gasteiger partial charge in [0.2, 0.25) is 0 Å². The summed E-state index contributed by atoms with van der Waals surface area (Å²) in [5.41, 5.74) is 0. The summed E-state index contributed by atoms with van der Waals surface area (Å²) < 4.78 is 0.